The molecule has 0 spiro atoms. The molecule has 0 bridgehead atoms. The van der Waals surface area contributed by atoms with Crippen LogP contribution in [-0.2, 0) is 13.6 Å². The van der Waals surface area contributed by atoms with Crippen LogP contribution < -0.4 is 4.74 Å². The van der Waals surface area contributed by atoms with Gasteiger partial charge in [-0.3, -0.25) is 9.58 Å². The average Bonchev–Trinajstić information content (AvgIpc) is 3.05. The van der Waals surface area contributed by atoms with Gasteiger partial charge in [-0.25, -0.2) is 0 Å². The Morgan fingerprint density at radius 2 is 2.18 bits per heavy atom. The van der Waals surface area contributed by atoms with Crippen LogP contribution in [0.25, 0.3) is 0 Å². The van der Waals surface area contributed by atoms with Crippen molar-refractivity contribution in [2.24, 2.45) is 7.05 Å². The Kier molecular flexibility index (Phi) is 4.18. The standard InChI is InChI=1S/C17H23N3O2/c1-14-5-3-4-6-16(14)22-13-17(21)7-8-20(12-17)11-15-9-18-19(2)10-15/h3-6,9-10,21H,7-8,11-13H2,1-2H3/t17-/m1/s1. The van der Waals surface area contributed by atoms with Gasteiger partial charge in [-0.15, -0.1) is 0 Å². The van der Waals surface area contributed by atoms with Crippen molar-refractivity contribution in [3.63, 3.8) is 0 Å². The van der Waals surface area contributed by atoms with Crippen LogP contribution in [0.2, 0.25) is 0 Å². The monoisotopic (exact) mass is 301 g/mol. The second kappa shape index (κ2) is 6.10. The number of hydrogen-bond donors (Lipinski definition) is 1. The normalized spacial score (nSPS) is 22.1. The third-order valence-electron chi connectivity index (χ3n) is 4.17. The maximum absolute atomic E-state index is 10.7. The van der Waals surface area contributed by atoms with Crippen molar-refractivity contribution < 1.29 is 9.84 Å². The van der Waals surface area contributed by atoms with E-state index in [9.17, 15) is 5.11 Å². The second-order valence-electron chi connectivity index (χ2n) is 6.26. The molecule has 0 aliphatic carbocycles. The predicted molar refractivity (Wildman–Crippen MR) is 84.7 cm³/mol. The molecule has 2 aromatic rings. The van der Waals surface area contributed by atoms with Gasteiger partial charge in [0, 0.05) is 38.4 Å². The van der Waals surface area contributed by atoms with Gasteiger partial charge in [-0.2, -0.15) is 5.10 Å². The summed E-state index contributed by atoms with van der Waals surface area (Å²) < 4.78 is 7.64. The zero-order valence-electron chi connectivity index (χ0n) is 13.2. The Morgan fingerprint density at radius 1 is 1.36 bits per heavy atom. The van der Waals surface area contributed by atoms with Crippen molar-refractivity contribution in [1.29, 1.82) is 0 Å². The first-order valence-corrected chi connectivity index (χ1v) is 7.65. The minimum Gasteiger partial charge on any atom is -0.490 e. The van der Waals surface area contributed by atoms with Crippen LogP contribution in [0.5, 0.6) is 5.75 Å². The van der Waals surface area contributed by atoms with Gasteiger partial charge in [-0.1, -0.05) is 18.2 Å². The van der Waals surface area contributed by atoms with Gasteiger partial charge in [0.2, 0.25) is 0 Å². The van der Waals surface area contributed by atoms with Crippen LogP contribution >= 0.6 is 0 Å². The zero-order valence-corrected chi connectivity index (χ0v) is 13.2. The van der Waals surface area contributed by atoms with Crippen molar-refractivity contribution in [2.45, 2.75) is 25.5 Å². The molecule has 22 heavy (non-hydrogen) atoms. The van der Waals surface area contributed by atoms with Gasteiger partial charge in [-0.05, 0) is 25.0 Å². The summed E-state index contributed by atoms with van der Waals surface area (Å²) in [4.78, 5) is 2.25. The molecule has 2 heterocycles. The first-order chi connectivity index (χ1) is 10.5. The van der Waals surface area contributed by atoms with Gasteiger partial charge in [0.25, 0.3) is 0 Å². The van der Waals surface area contributed by atoms with Crippen molar-refractivity contribution in [3.8, 4) is 5.75 Å². The minimum absolute atomic E-state index is 0.335. The van der Waals surface area contributed by atoms with E-state index in [-0.39, 0.29) is 0 Å². The molecule has 0 unspecified atom stereocenters. The lowest BCUT2D eigenvalue weighted by Crippen LogP contribution is -2.39. The number of aliphatic hydroxyl groups is 1. The SMILES string of the molecule is Cc1ccccc1OC[C@@]1(O)CCN(Cc2cnn(C)c2)C1. The van der Waals surface area contributed by atoms with Gasteiger partial charge in [0.1, 0.15) is 18.0 Å². The van der Waals surface area contributed by atoms with Crippen LogP contribution in [0.1, 0.15) is 17.5 Å². The smallest absolute Gasteiger partial charge is 0.122 e. The van der Waals surface area contributed by atoms with E-state index in [1.165, 1.54) is 5.56 Å². The summed E-state index contributed by atoms with van der Waals surface area (Å²) >= 11 is 0. The van der Waals surface area contributed by atoms with Crippen LogP contribution in [0, 0.1) is 6.92 Å². The molecule has 5 heteroatoms. The Hall–Kier alpha value is -1.85. The highest BCUT2D eigenvalue weighted by Crippen LogP contribution is 2.25. The number of ether oxygens (including phenoxy) is 1. The maximum atomic E-state index is 10.7. The topological polar surface area (TPSA) is 50.5 Å². The molecule has 0 saturated carbocycles. The number of benzene rings is 1. The van der Waals surface area contributed by atoms with Crippen molar-refractivity contribution in [1.82, 2.24) is 14.7 Å². The summed E-state index contributed by atoms with van der Waals surface area (Å²) in [5.74, 6) is 0.849. The first-order valence-electron chi connectivity index (χ1n) is 7.65. The van der Waals surface area contributed by atoms with Gasteiger partial charge >= 0.3 is 0 Å². The van der Waals surface area contributed by atoms with Gasteiger partial charge in [0.05, 0.1) is 6.20 Å². The summed E-state index contributed by atoms with van der Waals surface area (Å²) in [6, 6.07) is 7.90. The molecular formula is C17H23N3O2. The molecule has 1 aromatic carbocycles. The molecule has 1 atom stereocenters. The van der Waals surface area contributed by atoms with Crippen LogP contribution in [-0.4, -0.2) is 45.1 Å². The lowest BCUT2D eigenvalue weighted by molar-refractivity contribution is 0.00320. The van der Waals surface area contributed by atoms with E-state index in [4.69, 9.17) is 4.74 Å². The largest absolute Gasteiger partial charge is 0.490 e. The number of aryl methyl sites for hydroxylation is 2. The molecule has 5 nitrogen and oxygen atoms in total. The molecule has 0 amide bonds. The van der Waals surface area contributed by atoms with Crippen LogP contribution in [0.4, 0.5) is 0 Å². The van der Waals surface area contributed by atoms with E-state index in [1.807, 2.05) is 50.6 Å². The average molecular weight is 301 g/mol. The predicted octanol–water partition coefficient (Wildman–Crippen LogP) is 1.74. The van der Waals surface area contributed by atoms with E-state index in [2.05, 4.69) is 10.00 Å². The van der Waals surface area contributed by atoms with Crippen molar-refractivity contribution >= 4 is 0 Å². The van der Waals surface area contributed by atoms with E-state index < -0.39 is 5.60 Å². The fourth-order valence-electron chi connectivity index (χ4n) is 2.94. The molecular weight excluding hydrogens is 278 g/mol. The maximum Gasteiger partial charge on any atom is 0.122 e. The number of nitrogens with zero attached hydrogens (tertiary/aromatic N) is 3. The van der Waals surface area contributed by atoms with Gasteiger partial charge in [0.15, 0.2) is 0 Å². The summed E-state index contributed by atoms with van der Waals surface area (Å²) in [6.45, 7) is 4.68. The van der Waals surface area contributed by atoms with Crippen LogP contribution in [0.15, 0.2) is 36.7 Å². The fourth-order valence-corrected chi connectivity index (χ4v) is 2.94. The first kappa shape index (κ1) is 15.1. The quantitative estimate of drug-likeness (QED) is 0.914. The molecule has 1 saturated heterocycles. The van der Waals surface area contributed by atoms with E-state index in [1.54, 1.807) is 4.68 Å². The number of aromatic nitrogens is 2. The lowest BCUT2D eigenvalue weighted by atomic mass is 10.1. The summed E-state index contributed by atoms with van der Waals surface area (Å²) in [7, 11) is 1.92. The molecule has 118 valence electrons. The summed E-state index contributed by atoms with van der Waals surface area (Å²) in [5, 5.41) is 14.9. The Morgan fingerprint density at radius 3 is 2.91 bits per heavy atom. The third-order valence-corrected chi connectivity index (χ3v) is 4.17. The summed E-state index contributed by atoms with van der Waals surface area (Å²) in [5.41, 5.74) is 1.49. The molecule has 1 aliphatic heterocycles. The number of hydrogen-bond acceptors (Lipinski definition) is 4. The molecule has 3 rings (SSSR count). The zero-order chi connectivity index (χ0) is 15.6. The second-order valence-corrected chi connectivity index (χ2v) is 6.26. The Labute approximate surface area is 131 Å². The molecule has 1 aromatic heterocycles. The Balaban J connectivity index is 1.55. The number of likely N-dealkylation sites (tertiary alicyclic amines) is 1. The molecule has 0 radical (unpaired) electrons. The molecule has 1 aliphatic rings. The summed E-state index contributed by atoms with van der Waals surface area (Å²) in [6.07, 6.45) is 4.63. The number of para-hydroxylation sites is 1. The van der Waals surface area contributed by atoms with Crippen molar-refractivity contribution in [2.75, 3.05) is 19.7 Å². The number of rotatable bonds is 5. The van der Waals surface area contributed by atoms with Crippen LogP contribution in [0.3, 0.4) is 0 Å². The van der Waals surface area contributed by atoms with E-state index in [0.717, 1.165) is 30.8 Å². The van der Waals surface area contributed by atoms with Gasteiger partial charge < -0.3 is 9.84 Å². The lowest BCUT2D eigenvalue weighted by Gasteiger charge is -2.24. The highest BCUT2D eigenvalue weighted by molar-refractivity contribution is 5.31. The van der Waals surface area contributed by atoms with E-state index >= 15 is 0 Å². The molecule has 1 fully saturated rings. The fraction of sp³-hybridized carbons (Fsp3) is 0.471. The third kappa shape index (κ3) is 3.48. The highest BCUT2D eigenvalue weighted by Gasteiger charge is 2.37. The molecule has 1 N–H and O–H groups in total. The van der Waals surface area contributed by atoms with Crippen molar-refractivity contribution in [3.05, 3.63) is 47.8 Å². The minimum atomic E-state index is -0.773. The number of β-amino-alcohol motifs (C(OH)–C–C–N with tert-alkyl or cyclic N) is 1. The highest BCUT2D eigenvalue weighted by atomic mass is 16.5. The Bertz CT molecular complexity index is 640. The van der Waals surface area contributed by atoms with E-state index in [0.29, 0.717) is 13.2 Å².